The largest absolute Gasteiger partial charge is 0.388 e. The van der Waals surface area contributed by atoms with Crippen molar-refractivity contribution in [1.82, 2.24) is 21.3 Å². The molecule has 4 aromatic carbocycles. The smallest absolute Gasteiger partial charge is 0.246 e. The molecule has 0 spiro atoms. The maximum Gasteiger partial charge on any atom is 0.246 e. The highest BCUT2D eigenvalue weighted by molar-refractivity contribution is 6.98. The number of rotatable bonds is 16. The lowest BCUT2D eigenvalue weighted by molar-refractivity contribution is -0.462. The fraction of sp³-hybridized carbons (Fsp3) is 0.312. The van der Waals surface area contributed by atoms with Crippen LogP contribution in [-0.4, -0.2) is 77.5 Å². The Balaban J connectivity index is 1.46. The average molecular weight is 780 g/mol. The lowest BCUT2D eigenvalue weighted by atomic mass is 9.86. The van der Waals surface area contributed by atoms with Crippen LogP contribution in [0.1, 0.15) is 48.9 Å². The molecule has 2 aliphatic rings. The van der Waals surface area contributed by atoms with Gasteiger partial charge in [0, 0.05) is 62.2 Å². The van der Waals surface area contributed by atoms with E-state index in [0.717, 1.165) is 31.6 Å². The van der Waals surface area contributed by atoms with Gasteiger partial charge in [0.1, 0.15) is 22.2 Å². The Kier molecular flexibility index (Phi) is 12.9. The molecule has 0 unspecified atom stereocenters. The molecule has 0 radical (unpaired) electrons. The molecule has 0 aromatic heterocycles. The van der Waals surface area contributed by atoms with Crippen molar-refractivity contribution in [1.29, 1.82) is 0 Å². The number of amides is 2. The van der Waals surface area contributed by atoms with Gasteiger partial charge in [-0.1, -0.05) is 68.7 Å². The van der Waals surface area contributed by atoms with Crippen LogP contribution in [0.3, 0.4) is 0 Å². The fourth-order valence-electron chi connectivity index (χ4n) is 8.03. The summed E-state index contributed by atoms with van der Waals surface area (Å²) in [7, 11) is 4.15. The van der Waals surface area contributed by atoms with E-state index in [9.17, 15) is 9.59 Å². The number of allylic oxidation sites excluding steroid dienone is 5. The van der Waals surface area contributed by atoms with E-state index in [1.54, 1.807) is 13.8 Å². The molecule has 6 rings (SSSR count). The Morgan fingerprint density at radius 3 is 1.86 bits per heavy atom. The van der Waals surface area contributed by atoms with Crippen molar-refractivity contribution in [2.75, 3.05) is 52.6 Å². The van der Waals surface area contributed by atoms with Crippen LogP contribution in [0, 0.1) is 0 Å². The summed E-state index contributed by atoms with van der Waals surface area (Å²) >= 11 is 0. The second kappa shape index (κ2) is 17.8. The number of hydrogen-bond acceptors (Lipinski definition) is 5. The van der Waals surface area contributed by atoms with Crippen molar-refractivity contribution in [3.05, 3.63) is 136 Å². The monoisotopic (exact) mass is 779 g/mol. The normalized spacial score (nSPS) is 14.2. The summed E-state index contributed by atoms with van der Waals surface area (Å²) < 4.78 is 2.20. The molecule has 5 N–H and O–H groups in total. The molecule has 296 valence electrons. The van der Waals surface area contributed by atoms with Crippen LogP contribution in [0.2, 0.25) is 13.1 Å². The number of benzene rings is 4. The molecule has 1 aliphatic carbocycles. The molecule has 0 atom stereocenters. The van der Waals surface area contributed by atoms with Crippen LogP contribution in [-0.2, 0) is 22.7 Å². The lowest BCUT2D eigenvalue weighted by Gasteiger charge is -2.38. The maximum absolute atomic E-state index is 12.1. The third kappa shape index (κ3) is 8.81. The van der Waals surface area contributed by atoms with E-state index in [1.807, 2.05) is 7.05 Å². The quantitative estimate of drug-likeness (QED) is 0.0282. The highest BCUT2D eigenvalue weighted by Gasteiger charge is 2.40. The Morgan fingerprint density at radius 2 is 1.30 bits per heavy atom. The van der Waals surface area contributed by atoms with E-state index in [-0.39, 0.29) is 11.8 Å². The molecule has 0 bridgehead atoms. The second-order valence-corrected chi connectivity index (χ2v) is 20.4. The van der Waals surface area contributed by atoms with Gasteiger partial charge in [0.25, 0.3) is 0 Å². The summed E-state index contributed by atoms with van der Waals surface area (Å²) in [5.41, 5.74) is 11.0. The topological polar surface area (TPSA) is 97.3 Å². The molecule has 4 aromatic rings. The number of anilines is 1. The van der Waals surface area contributed by atoms with E-state index in [1.165, 1.54) is 71.0 Å². The minimum Gasteiger partial charge on any atom is -0.388 e. The predicted molar refractivity (Wildman–Crippen MR) is 243 cm³/mol. The maximum atomic E-state index is 12.1. The zero-order valence-electron chi connectivity index (χ0n) is 34.8. The minimum atomic E-state index is -2.08. The first-order chi connectivity index (χ1) is 27.3. The molecule has 9 heteroatoms. The number of nitrogens with zero attached hydrogens (tertiary/aromatic N) is 1. The van der Waals surface area contributed by atoms with Crippen LogP contribution >= 0.6 is 0 Å². The highest BCUT2D eigenvalue weighted by Crippen LogP contribution is 2.43. The van der Waals surface area contributed by atoms with Gasteiger partial charge in [0.05, 0.1) is 0 Å². The first-order valence-electron chi connectivity index (χ1n) is 20.1. The number of carbonyl (C=O) groups excluding carboxylic acids is 2. The summed E-state index contributed by atoms with van der Waals surface area (Å²) in [5.74, 6) is -0.203. The van der Waals surface area contributed by atoms with E-state index in [4.69, 9.17) is 0 Å². The van der Waals surface area contributed by atoms with E-state index in [0.29, 0.717) is 37.3 Å². The molecule has 1 aliphatic heterocycles. The van der Waals surface area contributed by atoms with Gasteiger partial charge in [-0.2, -0.15) is 0 Å². The van der Waals surface area contributed by atoms with Gasteiger partial charge in [-0.15, -0.1) is 0 Å². The first kappa shape index (κ1) is 41.3. The summed E-state index contributed by atoms with van der Waals surface area (Å²) in [5, 5.41) is 24.5. The van der Waals surface area contributed by atoms with Crippen molar-refractivity contribution in [3.8, 4) is 0 Å². The fourth-order valence-corrected chi connectivity index (χ4v) is 11.1. The zero-order valence-corrected chi connectivity index (χ0v) is 35.8. The van der Waals surface area contributed by atoms with Crippen molar-refractivity contribution >= 4 is 63.6 Å². The Morgan fingerprint density at radius 1 is 0.719 bits per heavy atom. The van der Waals surface area contributed by atoms with E-state index >= 15 is 0 Å². The van der Waals surface area contributed by atoms with Gasteiger partial charge in [-0.25, -0.2) is 4.58 Å². The number of nitrogens with one attached hydrogen (secondary N) is 5. The van der Waals surface area contributed by atoms with Crippen LogP contribution in [0.15, 0.2) is 114 Å². The van der Waals surface area contributed by atoms with Crippen molar-refractivity contribution in [2.45, 2.75) is 52.9 Å². The van der Waals surface area contributed by atoms with E-state index in [2.05, 4.69) is 150 Å². The van der Waals surface area contributed by atoms with Gasteiger partial charge in [-0.05, 0) is 129 Å². The number of carbonyl (C=O) groups is 2. The molecule has 0 fully saturated rings. The SMILES string of the molecule is C=C(C)C(=O)NCCCNCc1c2ccccc2c(CNCCCNC(=O)C(=C)C)c2cc(C3=C4C=CC(=[N+](C)C)C=C4[Si](C)(C)c4cc(NC)ccc43)ccc12. The lowest BCUT2D eigenvalue weighted by Crippen LogP contribution is -2.49. The molecular weight excluding hydrogens is 721 g/mol. The molecule has 8 nitrogen and oxygen atoms in total. The van der Waals surface area contributed by atoms with Crippen molar-refractivity contribution in [3.63, 3.8) is 0 Å². The molecule has 1 heterocycles. The Hall–Kier alpha value is -5.35. The molecule has 0 saturated heterocycles. The summed E-state index contributed by atoms with van der Waals surface area (Å²) in [4.78, 5) is 24.1. The molecule has 57 heavy (non-hydrogen) atoms. The minimum absolute atomic E-state index is 0.101. The van der Waals surface area contributed by atoms with Gasteiger partial charge in [0.2, 0.25) is 11.8 Å². The third-order valence-corrected chi connectivity index (χ3v) is 14.8. The highest BCUT2D eigenvalue weighted by atomic mass is 28.3. The van der Waals surface area contributed by atoms with Crippen LogP contribution in [0.25, 0.3) is 27.1 Å². The predicted octanol–water partition coefficient (Wildman–Crippen LogP) is 6.86. The van der Waals surface area contributed by atoms with Gasteiger partial charge in [0.15, 0.2) is 5.71 Å². The Labute approximate surface area is 339 Å². The third-order valence-electron chi connectivity index (χ3n) is 11.3. The van der Waals surface area contributed by atoms with Crippen LogP contribution < -0.4 is 31.8 Å². The average Bonchev–Trinajstić information content (AvgIpc) is 3.20. The molecular formula is C48H59N6O2Si+. The van der Waals surface area contributed by atoms with E-state index < -0.39 is 8.07 Å². The molecule has 2 amide bonds. The summed E-state index contributed by atoms with van der Waals surface area (Å²) in [6, 6.07) is 22.7. The van der Waals surface area contributed by atoms with Crippen molar-refractivity contribution in [2.24, 2.45) is 0 Å². The second-order valence-electron chi connectivity index (χ2n) is 16.0. The zero-order chi connectivity index (χ0) is 40.9. The number of hydrogen-bond donors (Lipinski definition) is 5. The standard InChI is InChI=1S/C48H58N6O2Si/c1-31(2)47(55)52-24-12-22-50-29-42-36-14-10-11-15-37(36)43(30-51-23-13-25-53-48(56)32(3)4)41-26-33(16-19-38(41)42)46-39-20-17-34(49-5)27-44(39)57(8,9)45-28-35(54(6)7)18-21-40(45)46/h10-11,14-21,26-28,50-51H,1,3,12-13,22-25,29-30H2,2,4-9H3,(H2,52,53,55,56)/p+1. The van der Waals surface area contributed by atoms with Gasteiger partial charge in [-0.3, -0.25) is 9.59 Å². The molecule has 0 saturated carbocycles. The summed E-state index contributed by atoms with van der Waals surface area (Å²) in [6.07, 6.45) is 8.65. The first-order valence-corrected chi connectivity index (χ1v) is 23.1. The van der Waals surface area contributed by atoms with Crippen LogP contribution in [0.5, 0.6) is 0 Å². The summed E-state index contributed by atoms with van der Waals surface area (Å²) in [6.45, 7) is 20.0. The Bertz CT molecular complexity index is 2390. The van der Waals surface area contributed by atoms with Crippen LogP contribution in [0.4, 0.5) is 5.69 Å². The van der Waals surface area contributed by atoms with Gasteiger partial charge >= 0.3 is 0 Å². The van der Waals surface area contributed by atoms with Crippen molar-refractivity contribution < 1.29 is 14.2 Å². The number of fused-ring (bicyclic) bond motifs is 4. The van der Waals surface area contributed by atoms with Gasteiger partial charge < -0.3 is 26.6 Å².